The maximum absolute atomic E-state index is 5.25. The van der Waals surface area contributed by atoms with E-state index in [2.05, 4.69) is 144 Å². The van der Waals surface area contributed by atoms with Gasteiger partial charge < -0.3 is 0 Å². The summed E-state index contributed by atoms with van der Waals surface area (Å²) in [6.45, 7) is 0. The van der Waals surface area contributed by atoms with Crippen LogP contribution in [0.1, 0.15) is 0 Å². The number of imidazole rings is 1. The third-order valence-electron chi connectivity index (χ3n) is 8.98. The van der Waals surface area contributed by atoms with Gasteiger partial charge in [0.25, 0.3) is 0 Å². The zero-order chi connectivity index (χ0) is 32.6. The topological polar surface area (TPSA) is 43.1 Å². The van der Waals surface area contributed by atoms with Crippen molar-refractivity contribution in [3.63, 3.8) is 0 Å². The van der Waals surface area contributed by atoms with Crippen molar-refractivity contribution >= 4 is 16.7 Å². The molecule has 0 saturated heterocycles. The van der Waals surface area contributed by atoms with Crippen LogP contribution in [0.2, 0.25) is 0 Å². The first-order valence-corrected chi connectivity index (χ1v) is 16.4. The fourth-order valence-corrected chi connectivity index (χ4v) is 6.64. The lowest BCUT2D eigenvalue weighted by atomic mass is 9.92. The molecule has 0 fully saturated rings. The van der Waals surface area contributed by atoms with Crippen molar-refractivity contribution in [3.8, 4) is 67.3 Å². The van der Waals surface area contributed by atoms with E-state index in [1.54, 1.807) is 0 Å². The highest BCUT2D eigenvalue weighted by Gasteiger charge is 2.18. The van der Waals surface area contributed by atoms with Crippen LogP contribution in [0.15, 0.2) is 182 Å². The van der Waals surface area contributed by atoms with Gasteiger partial charge in [-0.25, -0.2) is 15.0 Å². The van der Waals surface area contributed by atoms with Gasteiger partial charge in [0, 0.05) is 28.5 Å². The van der Waals surface area contributed by atoms with Crippen molar-refractivity contribution in [3.05, 3.63) is 182 Å². The molecule has 9 aromatic rings. The summed E-state index contributed by atoms with van der Waals surface area (Å²) < 4.78 is 2.18. The second kappa shape index (κ2) is 12.2. The molecule has 0 amide bonds. The monoisotopic (exact) mass is 626 g/mol. The summed E-state index contributed by atoms with van der Waals surface area (Å²) in [4.78, 5) is 15.5. The number of para-hydroxylation sites is 2. The molecule has 3 heterocycles. The Morgan fingerprint density at radius 1 is 0.306 bits per heavy atom. The molecule has 0 N–H and O–H groups in total. The molecule has 4 nitrogen and oxygen atoms in total. The second-order valence-electron chi connectivity index (χ2n) is 12.1. The lowest BCUT2D eigenvalue weighted by Crippen LogP contribution is -1.96. The summed E-state index contributed by atoms with van der Waals surface area (Å²) in [5.74, 6) is 0. The zero-order valence-corrected chi connectivity index (χ0v) is 26.6. The van der Waals surface area contributed by atoms with Crippen LogP contribution in [-0.2, 0) is 0 Å². The molecular weight excluding hydrogens is 597 g/mol. The van der Waals surface area contributed by atoms with Crippen LogP contribution in [0.5, 0.6) is 0 Å². The van der Waals surface area contributed by atoms with E-state index in [0.717, 1.165) is 84.0 Å². The van der Waals surface area contributed by atoms with Crippen LogP contribution in [0.4, 0.5) is 0 Å². The van der Waals surface area contributed by atoms with Crippen LogP contribution in [-0.4, -0.2) is 19.4 Å². The summed E-state index contributed by atoms with van der Waals surface area (Å²) in [5, 5.41) is 0. The molecule has 0 atom stereocenters. The van der Waals surface area contributed by atoms with Crippen molar-refractivity contribution < 1.29 is 0 Å². The fraction of sp³-hybridized carbons (Fsp3) is 0. The highest BCUT2D eigenvalue weighted by atomic mass is 15.0. The van der Waals surface area contributed by atoms with E-state index >= 15 is 0 Å². The summed E-state index contributed by atoms with van der Waals surface area (Å²) in [6, 6.07) is 61.1. The van der Waals surface area contributed by atoms with Crippen molar-refractivity contribution in [2.75, 3.05) is 0 Å². The number of hydrogen-bond donors (Lipinski definition) is 0. The molecule has 49 heavy (non-hydrogen) atoms. The van der Waals surface area contributed by atoms with Gasteiger partial charge in [0.2, 0.25) is 0 Å². The van der Waals surface area contributed by atoms with Gasteiger partial charge in [0.1, 0.15) is 5.65 Å². The maximum Gasteiger partial charge on any atom is 0.137 e. The minimum Gasteiger partial charge on any atom is -0.299 e. The highest BCUT2D eigenvalue weighted by Crippen LogP contribution is 2.39. The van der Waals surface area contributed by atoms with Gasteiger partial charge in [0.05, 0.1) is 33.8 Å². The summed E-state index contributed by atoms with van der Waals surface area (Å²) in [5.41, 5.74) is 15.1. The van der Waals surface area contributed by atoms with Gasteiger partial charge in [0.15, 0.2) is 0 Å². The SMILES string of the molecule is c1ccc(-c2cc(-c3cccc(-c4c(-c5ccccc5)nc5ccccn45)c3)cc(-c3nc4ccccc4nc3-c3ccccc3)c2)cc1. The first-order chi connectivity index (χ1) is 24.3. The third kappa shape index (κ3) is 5.35. The van der Waals surface area contributed by atoms with Gasteiger partial charge in [-0.05, 0) is 70.8 Å². The van der Waals surface area contributed by atoms with Crippen molar-refractivity contribution in [2.45, 2.75) is 0 Å². The van der Waals surface area contributed by atoms with Crippen molar-refractivity contribution in [1.29, 1.82) is 0 Å². The first-order valence-electron chi connectivity index (χ1n) is 16.4. The summed E-state index contributed by atoms with van der Waals surface area (Å²) >= 11 is 0. The van der Waals surface area contributed by atoms with Crippen molar-refractivity contribution in [1.82, 2.24) is 19.4 Å². The predicted molar refractivity (Wildman–Crippen MR) is 201 cm³/mol. The van der Waals surface area contributed by atoms with E-state index in [1.807, 2.05) is 42.5 Å². The van der Waals surface area contributed by atoms with E-state index in [1.165, 1.54) is 0 Å². The third-order valence-corrected chi connectivity index (χ3v) is 8.98. The Bertz CT molecular complexity index is 2590. The fourth-order valence-electron chi connectivity index (χ4n) is 6.64. The molecule has 0 unspecified atom stereocenters. The Morgan fingerprint density at radius 2 is 0.776 bits per heavy atom. The largest absolute Gasteiger partial charge is 0.299 e. The maximum atomic E-state index is 5.25. The zero-order valence-electron chi connectivity index (χ0n) is 26.6. The molecular formula is C45H30N4. The van der Waals surface area contributed by atoms with Gasteiger partial charge in [-0.1, -0.05) is 127 Å². The normalized spacial score (nSPS) is 11.3. The van der Waals surface area contributed by atoms with Crippen LogP contribution in [0, 0.1) is 0 Å². The van der Waals surface area contributed by atoms with Gasteiger partial charge in [-0.2, -0.15) is 0 Å². The lowest BCUT2D eigenvalue weighted by Gasteiger charge is -2.15. The Balaban J connectivity index is 1.27. The number of aromatic nitrogens is 4. The van der Waals surface area contributed by atoms with E-state index in [-0.39, 0.29) is 0 Å². The predicted octanol–water partition coefficient (Wildman–Crippen LogP) is 11.3. The lowest BCUT2D eigenvalue weighted by molar-refractivity contribution is 1.19. The van der Waals surface area contributed by atoms with Crippen molar-refractivity contribution in [2.24, 2.45) is 0 Å². The molecule has 0 aliphatic rings. The van der Waals surface area contributed by atoms with Gasteiger partial charge in [-0.3, -0.25) is 4.40 Å². The van der Waals surface area contributed by atoms with E-state index < -0.39 is 0 Å². The van der Waals surface area contributed by atoms with Gasteiger partial charge in [-0.15, -0.1) is 0 Å². The Hall–Kier alpha value is -6.65. The van der Waals surface area contributed by atoms with Crippen LogP contribution in [0.3, 0.4) is 0 Å². The molecule has 6 aromatic carbocycles. The number of nitrogens with zero attached hydrogens (tertiary/aromatic N) is 4. The van der Waals surface area contributed by atoms with Crippen LogP contribution >= 0.6 is 0 Å². The summed E-state index contributed by atoms with van der Waals surface area (Å²) in [7, 11) is 0. The number of pyridine rings is 1. The molecule has 230 valence electrons. The minimum absolute atomic E-state index is 0.855. The Morgan fingerprint density at radius 3 is 1.45 bits per heavy atom. The van der Waals surface area contributed by atoms with Crippen LogP contribution in [0.25, 0.3) is 84.0 Å². The Kier molecular flexibility index (Phi) is 7.10. The molecule has 4 heteroatoms. The van der Waals surface area contributed by atoms with Gasteiger partial charge >= 0.3 is 0 Å². The molecule has 0 radical (unpaired) electrons. The smallest absolute Gasteiger partial charge is 0.137 e. The average Bonchev–Trinajstić information content (AvgIpc) is 3.58. The summed E-state index contributed by atoms with van der Waals surface area (Å²) in [6.07, 6.45) is 2.09. The molecule has 0 aliphatic heterocycles. The van der Waals surface area contributed by atoms with Crippen LogP contribution < -0.4 is 0 Å². The molecule has 0 bridgehead atoms. The van der Waals surface area contributed by atoms with E-state index in [4.69, 9.17) is 15.0 Å². The minimum atomic E-state index is 0.855. The quantitative estimate of drug-likeness (QED) is 0.184. The second-order valence-corrected chi connectivity index (χ2v) is 12.1. The number of hydrogen-bond acceptors (Lipinski definition) is 3. The number of benzene rings is 6. The molecule has 0 aliphatic carbocycles. The standard InChI is InChI=1S/C45H30N4/c1-4-15-31(16-5-1)36-28-37(30-38(29-36)43-42(32-17-6-2-7-18-32)46-39-23-10-11-24-40(39)47-43)34-21-14-22-35(27-34)45-44(33-19-8-3-9-20-33)48-41-25-12-13-26-49(41)45/h1-30H. The van der Waals surface area contributed by atoms with E-state index in [0.29, 0.717) is 0 Å². The Labute approximate surface area is 284 Å². The highest BCUT2D eigenvalue weighted by molar-refractivity contribution is 5.90. The molecule has 0 spiro atoms. The molecule has 3 aromatic heterocycles. The van der Waals surface area contributed by atoms with E-state index in [9.17, 15) is 0 Å². The first kappa shape index (κ1) is 28.6. The molecule has 9 rings (SSSR count). The average molecular weight is 627 g/mol. The number of rotatable bonds is 6. The molecule has 0 saturated carbocycles. The number of fused-ring (bicyclic) bond motifs is 2.